The van der Waals surface area contributed by atoms with E-state index in [9.17, 15) is 14.7 Å². The maximum Gasteiger partial charge on any atom is 0.318 e. The van der Waals surface area contributed by atoms with Crippen molar-refractivity contribution in [1.82, 2.24) is 20.1 Å². The molecule has 3 atom stereocenters. The first-order valence-corrected chi connectivity index (χ1v) is 6.77. The van der Waals surface area contributed by atoms with Crippen LogP contribution in [0.4, 0.5) is 4.79 Å². The minimum Gasteiger partial charge on any atom is -0.391 e. The van der Waals surface area contributed by atoms with Gasteiger partial charge in [0.05, 0.1) is 6.10 Å². The van der Waals surface area contributed by atoms with Crippen LogP contribution >= 0.6 is 15.9 Å². The van der Waals surface area contributed by atoms with E-state index in [0.717, 1.165) is 4.47 Å². The van der Waals surface area contributed by atoms with Gasteiger partial charge >= 0.3 is 6.03 Å². The van der Waals surface area contributed by atoms with Crippen molar-refractivity contribution in [3.05, 3.63) is 22.4 Å². The van der Waals surface area contributed by atoms with Crippen molar-refractivity contribution < 1.29 is 14.7 Å². The maximum atomic E-state index is 12.5. The average molecular weight is 327 g/mol. The van der Waals surface area contributed by atoms with Gasteiger partial charge in [0.2, 0.25) is 0 Å². The first-order valence-electron chi connectivity index (χ1n) is 5.97. The highest BCUT2D eigenvalue weighted by Crippen LogP contribution is 2.43. The molecule has 0 aliphatic carbocycles. The van der Waals surface area contributed by atoms with Crippen LogP contribution in [0.1, 0.15) is 23.1 Å². The highest BCUT2D eigenvalue weighted by Gasteiger charge is 2.61. The van der Waals surface area contributed by atoms with Crippen LogP contribution in [0.2, 0.25) is 0 Å². The van der Waals surface area contributed by atoms with E-state index in [1.165, 1.54) is 0 Å². The molecule has 3 aliphatic heterocycles. The Labute approximate surface area is 116 Å². The third kappa shape index (κ3) is 1.25. The second-order valence-electron chi connectivity index (χ2n) is 5.15. The number of hydrogen-bond acceptors (Lipinski definition) is 3. The van der Waals surface area contributed by atoms with Crippen molar-refractivity contribution in [2.75, 3.05) is 6.54 Å². The Kier molecular flexibility index (Phi) is 1.97. The van der Waals surface area contributed by atoms with Crippen molar-refractivity contribution in [2.24, 2.45) is 0 Å². The van der Waals surface area contributed by atoms with E-state index < -0.39 is 17.9 Å². The normalized spacial score (nSPS) is 35.6. The highest BCUT2D eigenvalue weighted by molar-refractivity contribution is 9.10. The zero-order valence-corrected chi connectivity index (χ0v) is 11.3. The number of nitrogens with zero attached hydrogens (tertiary/aromatic N) is 2. The molecule has 8 heteroatoms. The van der Waals surface area contributed by atoms with E-state index in [2.05, 4.69) is 26.6 Å². The molecule has 3 N–H and O–H groups in total. The van der Waals surface area contributed by atoms with E-state index in [4.69, 9.17) is 0 Å². The maximum absolute atomic E-state index is 12.5. The first kappa shape index (κ1) is 11.3. The van der Waals surface area contributed by atoms with E-state index >= 15 is 0 Å². The van der Waals surface area contributed by atoms with Gasteiger partial charge in [-0.3, -0.25) is 4.79 Å². The minimum absolute atomic E-state index is 0.178. The molecule has 0 saturated carbocycles. The number of carbonyl (C=O) groups is 2. The highest BCUT2D eigenvalue weighted by atomic mass is 79.9. The van der Waals surface area contributed by atoms with Crippen LogP contribution in [0.5, 0.6) is 0 Å². The Morgan fingerprint density at radius 3 is 3.05 bits per heavy atom. The number of aliphatic hydroxyl groups excluding tert-OH is 1. The number of nitrogens with one attached hydrogen (secondary N) is 2. The number of fused-ring (bicyclic) bond motifs is 2. The topological polar surface area (TPSA) is 86.6 Å². The second-order valence-corrected chi connectivity index (χ2v) is 6.07. The minimum atomic E-state index is -0.862. The van der Waals surface area contributed by atoms with Gasteiger partial charge in [-0.25, -0.2) is 4.79 Å². The summed E-state index contributed by atoms with van der Waals surface area (Å²) in [7, 11) is 0. The molecule has 4 heterocycles. The smallest absolute Gasteiger partial charge is 0.318 e. The van der Waals surface area contributed by atoms with Crippen molar-refractivity contribution in [3.8, 4) is 0 Å². The summed E-state index contributed by atoms with van der Waals surface area (Å²) in [4.78, 5) is 25.8. The number of rotatable bonds is 0. The number of carbonyl (C=O) groups excluding carboxylic acids is 2. The molecular weight excluding hydrogens is 316 g/mol. The fourth-order valence-corrected chi connectivity index (χ4v) is 3.80. The van der Waals surface area contributed by atoms with Gasteiger partial charge in [0, 0.05) is 23.6 Å². The molecule has 0 unspecified atom stereocenters. The number of aromatic nitrogens is 1. The third-order valence-corrected chi connectivity index (χ3v) is 4.46. The van der Waals surface area contributed by atoms with Gasteiger partial charge in [-0.2, -0.15) is 0 Å². The molecule has 3 amide bonds. The molecule has 1 spiro atoms. The molecule has 0 radical (unpaired) electrons. The molecule has 3 aliphatic rings. The van der Waals surface area contributed by atoms with Crippen LogP contribution in [-0.4, -0.2) is 44.8 Å². The van der Waals surface area contributed by atoms with Crippen LogP contribution in [-0.2, 0) is 0 Å². The molecule has 19 heavy (non-hydrogen) atoms. The lowest BCUT2D eigenvalue weighted by molar-refractivity contribution is 0.0313. The predicted octanol–water partition coefficient (Wildman–Crippen LogP) is -0.0213. The van der Waals surface area contributed by atoms with E-state index in [1.54, 1.807) is 21.7 Å². The van der Waals surface area contributed by atoms with Gasteiger partial charge in [0.25, 0.3) is 5.91 Å². The van der Waals surface area contributed by atoms with Crippen molar-refractivity contribution >= 4 is 27.9 Å². The number of urea groups is 1. The van der Waals surface area contributed by atoms with Crippen LogP contribution in [0.25, 0.3) is 0 Å². The fourth-order valence-electron chi connectivity index (χ4n) is 3.36. The Morgan fingerprint density at radius 2 is 2.26 bits per heavy atom. The zero-order chi connectivity index (χ0) is 13.4. The number of halogens is 1. The van der Waals surface area contributed by atoms with Crippen LogP contribution in [0.3, 0.4) is 0 Å². The molecular formula is C11H11BrN4O3. The second kappa shape index (κ2) is 3.31. The van der Waals surface area contributed by atoms with Crippen LogP contribution in [0.15, 0.2) is 16.7 Å². The van der Waals surface area contributed by atoms with Gasteiger partial charge in [-0.1, -0.05) is 0 Å². The average Bonchev–Trinajstić information content (AvgIpc) is 2.95. The summed E-state index contributed by atoms with van der Waals surface area (Å²) in [6.45, 7) is 0.236. The molecule has 2 saturated heterocycles. The lowest BCUT2D eigenvalue weighted by Crippen LogP contribution is -2.62. The summed E-state index contributed by atoms with van der Waals surface area (Å²) in [5, 5.41) is 15.5. The van der Waals surface area contributed by atoms with Crippen molar-refractivity contribution in [1.29, 1.82) is 0 Å². The summed E-state index contributed by atoms with van der Waals surface area (Å²) >= 11 is 3.35. The molecule has 4 rings (SSSR count). The lowest BCUT2D eigenvalue weighted by Gasteiger charge is -2.42. The predicted molar refractivity (Wildman–Crippen MR) is 67.2 cm³/mol. The first-order chi connectivity index (χ1) is 9.01. The molecule has 7 nitrogen and oxygen atoms in total. The van der Waals surface area contributed by atoms with Gasteiger partial charge < -0.3 is 25.2 Å². The van der Waals surface area contributed by atoms with E-state index in [1.807, 2.05) is 0 Å². The van der Waals surface area contributed by atoms with Crippen LogP contribution in [0, 0.1) is 0 Å². The molecule has 2 fully saturated rings. The third-order valence-electron chi connectivity index (χ3n) is 4.03. The van der Waals surface area contributed by atoms with Crippen molar-refractivity contribution in [2.45, 2.75) is 24.4 Å². The SMILES string of the molecule is O=C1N[C@H]2n3cc(Br)cc3C(=O)N3C[C@H](O)C[C@]23N1. The molecule has 1 aromatic rings. The summed E-state index contributed by atoms with van der Waals surface area (Å²) in [6.07, 6.45) is 1.09. The number of hydrogen-bond donors (Lipinski definition) is 3. The quantitative estimate of drug-likeness (QED) is 0.626. The Bertz CT molecular complexity index is 615. The summed E-state index contributed by atoms with van der Waals surface area (Å²) in [5.74, 6) is -0.178. The Hall–Kier alpha value is -1.54. The Morgan fingerprint density at radius 1 is 1.47 bits per heavy atom. The number of amides is 3. The molecule has 1 aromatic heterocycles. The van der Waals surface area contributed by atoms with E-state index in [-0.39, 0.29) is 18.5 Å². The van der Waals surface area contributed by atoms with Gasteiger partial charge in [-0.05, 0) is 22.0 Å². The standard InChI is InChI=1S/C11H11BrN4O3/c12-5-1-7-8(18)16-4-6(17)2-11(16)9(15(7)3-5)13-10(19)14-11/h1,3,6,9,17H,2,4H2,(H2,13,14,19)/t6-,9+,11-/m1/s1. The van der Waals surface area contributed by atoms with Gasteiger partial charge in [0.1, 0.15) is 11.9 Å². The largest absolute Gasteiger partial charge is 0.391 e. The monoisotopic (exact) mass is 326 g/mol. The summed E-state index contributed by atoms with van der Waals surface area (Å²) in [6, 6.07) is 1.40. The van der Waals surface area contributed by atoms with Crippen LogP contribution < -0.4 is 10.6 Å². The molecule has 0 aromatic carbocycles. The van der Waals surface area contributed by atoms with Gasteiger partial charge in [0.15, 0.2) is 5.66 Å². The molecule has 0 bridgehead atoms. The van der Waals surface area contributed by atoms with Crippen molar-refractivity contribution in [3.63, 3.8) is 0 Å². The molecule has 100 valence electrons. The lowest BCUT2D eigenvalue weighted by atomic mass is 10.0. The Balaban J connectivity index is 1.94. The summed E-state index contributed by atoms with van der Waals surface area (Å²) < 4.78 is 2.53. The summed E-state index contributed by atoms with van der Waals surface area (Å²) in [5.41, 5.74) is -0.357. The van der Waals surface area contributed by atoms with E-state index in [0.29, 0.717) is 12.1 Å². The number of aliphatic hydroxyl groups is 1. The van der Waals surface area contributed by atoms with Gasteiger partial charge in [-0.15, -0.1) is 0 Å². The zero-order valence-electron chi connectivity index (χ0n) is 9.76. The fraction of sp³-hybridized carbons (Fsp3) is 0.455.